The number of benzene rings is 1. The highest BCUT2D eigenvalue weighted by molar-refractivity contribution is 7.84. The summed E-state index contributed by atoms with van der Waals surface area (Å²) in [5.74, 6) is 0. The molecule has 0 amide bonds. The Bertz CT molecular complexity index is 209. The van der Waals surface area contributed by atoms with E-state index >= 15 is 0 Å². The van der Waals surface area contributed by atoms with Crippen LogP contribution < -0.4 is 0 Å². The fourth-order valence-corrected chi connectivity index (χ4v) is 1.15. The van der Waals surface area contributed by atoms with Crippen LogP contribution >= 0.6 is 0 Å². The highest BCUT2D eigenvalue weighted by Gasteiger charge is 1.90. The first-order valence-corrected chi connectivity index (χ1v) is 4.70. The second-order valence-electron chi connectivity index (χ2n) is 1.77. The van der Waals surface area contributed by atoms with Gasteiger partial charge in [-0.25, -0.2) is 0 Å². The summed E-state index contributed by atoms with van der Waals surface area (Å²) in [5, 5.41) is 7.00. The summed E-state index contributed by atoms with van der Waals surface area (Å²) < 4.78 is 10.8. The van der Waals surface area contributed by atoms with Crippen LogP contribution in [0.4, 0.5) is 0 Å². The summed E-state index contributed by atoms with van der Waals surface area (Å²) in [7, 11) is 0.171. The molecule has 1 rings (SSSR count). The van der Waals surface area contributed by atoms with E-state index in [0.29, 0.717) is 0 Å². The molecule has 0 fully saturated rings. The van der Waals surface area contributed by atoms with E-state index in [1.807, 2.05) is 30.3 Å². The van der Waals surface area contributed by atoms with Crippen LogP contribution in [0.3, 0.4) is 0 Å². The van der Waals surface area contributed by atoms with E-state index in [1.165, 1.54) is 0 Å². The molecule has 1 atom stereocenters. The van der Waals surface area contributed by atoms with Crippen LogP contribution in [0.2, 0.25) is 0 Å². The first kappa shape index (κ1) is 10.3. The third-order valence-electron chi connectivity index (χ3n) is 1.08. The van der Waals surface area contributed by atoms with Gasteiger partial charge >= 0.3 is 0 Å². The van der Waals surface area contributed by atoms with Gasteiger partial charge < -0.3 is 5.11 Å². The first-order chi connectivity index (χ1) is 5.30. The van der Waals surface area contributed by atoms with Gasteiger partial charge in [-0.3, -0.25) is 4.21 Å². The van der Waals surface area contributed by atoms with Crippen molar-refractivity contribution in [3.63, 3.8) is 0 Å². The molecule has 0 spiro atoms. The lowest BCUT2D eigenvalue weighted by molar-refractivity contribution is 0.399. The Balaban J connectivity index is 0.000000461. The Morgan fingerprint density at radius 1 is 1.18 bits per heavy atom. The van der Waals surface area contributed by atoms with Crippen molar-refractivity contribution in [1.29, 1.82) is 0 Å². The van der Waals surface area contributed by atoms with Crippen molar-refractivity contribution in [3.05, 3.63) is 30.3 Å². The molecule has 0 aliphatic rings. The predicted octanol–water partition coefficient (Wildman–Crippen LogP) is 1.03. The summed E-state index contributed by atoms with van der Waals surface area (Å²) in [5.41, 5.74) is 0. The van der Waals surface area contributed by atoms with E-state index in [0.717, 1.165) is 12.0 Å². The second kappa shape index (κ2) is 6.07. The predicted molar refractivity (Wildman–Crippen MR) is 46.9 cm³/mol. The van der Waals surface area contributed by atoms with Crippen LogP contribution in [-0.2, 0) is 10.8 Å². The van der Waals surface area contributed by atoms with Crippen molar-refractivity contribution in [2.24, 2.45) is 0 Å². The van der Waals surface area contributed by atoms with Crippen LogP contribution in [0.15, 0.2) is 35.2 Å². The SMILES string of the molecule is CO.CS(=O)c1ccccc1. The molecule has 1 N–H and O–H groups in total. The third kappa shape index (κ3) is 3.91. The van der Waals surface area contributed by atoms with Gasteiger partial charge in [0.15, 0.2) is 0 Å². The number of aliphatic hydroxyl groups is 1. The molecule has 0 bridgehead atoms. The lowest BCUT2D eigenvalue weighted by Crippen LogP contribution is -1.83. The van der Waals surface area contributed by atoms with Crippen molar-refractivity contribution in [2.75, 3.05) is 13.4 Å². The van der Waals surface area contributed by atoms with Crippen molar-refractivity contribution >= 4 is 10.8 Å². The second-order valence-corrected chi connectivity index (χ2v) is 3.15. The van der Waals surface area contributed by atoms with Gasteiger partial charge in [0.25, 0.3) is 0 Å². The number of hydrogen-bond donors (Lipinski definition) is 1. The van der Waals surface area contributed by atoms with Crippen molar-refractivity contribution in [1.82, 2.24) is 0 Å². The van der Waals surface area contributed by atoms with E-state index in [2.05, 4.69) is 0 Å². The Morgan fingerprint density at radius 2 is 1.64 bits per heavy atom. The molecule has 0 saturated heterocycles. The van der Waals surface area contributed by atoms with Gasteiger partial charge in [-0.1, -0.05) is 18.2 Å². The Hall–Kier alpha value is -0.670. The zero-order chi connectivity index (χ0) is 8.69. The number of rotatable bonds is 1. The van der Waals surface area contributed by atoms with Gasteiger partial charge in [-0.2, -0.15) is 0 Å². The fourth-order valence-electron chi connectivity index (χ4n) is 0.612. The maximum atomic E-state index is 10.8. The van der Waals surface area contributed by atoms with E-state index in [-0.39, 0.29) is 0 Å². The topological polar surface area (TPSA) is 37.3 Å². The molecule has 0 heterocycles. The minimum absolute atomic E-state index is 0.829. The van der Waals surface area contributed by atoms with Gasteiger partial charge in [0.1, 0.15) is 0 Å². The molecule has 1 unspecified atom stereocenters. The lowest BCUT2D eigenvalue weighted by Gasteiger charge is -1.90. The van der Waals surface area contributed by atoms with Gasteiger partial charge in [0.2, 0.25) is 0 Å². The fraction of sp³-hybridized carbons (Fsp3) is 0.250. The van der Waals surface area contributed by atoms with Gasteiger partial charge in [0, 0.05) is 29.1 Å². The molecule has 3 heteroatoms. The molecular formula is C8H12O2S. The number of aliphatic hydroxyl groups excluding tert-OH is 1. The quantitative estimate of drug-likeness (QED) is 0.687. The first-order valence-electron chi connectivity index (χ1n) is 3.14. The smallest absolute Gasteiger partial charge is 0.0498 e. The minimum atomic E-state index is -0.829. The van der Waals surface area contributed by atoms with E-state index in [9.17, 15) is 4.21 Å². The summed E-state index contributed by atoms with van der Waals surface area (Å²) >= 11 is 0. The van der Waals surface area contributed by atoms with Crippen molar-refractivity contribution in [3.8, 4) is 0 Å². The minimum Gasteiger partial charge on any atom is -0.400 e. The van der Waals surface area contributed by atoms with Crippen LogP contribution in [0.1, 0.15) is 0 Å². The summed E-state index contributed by atoms with van der Waals surface area (Å²) in [6.07, 6.45) is 1.68. The average molecular weight is 172 g/mol. The molecule has 0 aliphatic carbocycles. The molecule has 11 heavy (non-hydrogen) atoms. The molecule has 1 aromatic carbocycles. The van der Waals surface area contributed by atoms with Crippen LogP contribution in [0.5, 0.6) is 0 Å². The highest BCUT2D eigenvalue weighted by atomic mass is 32.2. The summed E-state index contributed by atoms with van der Waals surface area (Å²) in [6.45, 7) is 0. The molecule has 0 aromatic heterocycles. The van der Waals surface area contributed by atoms with E-state index in [1.54, 1.807) is 6.26 Å². The van der Waals surface area contributed by atoms with Gasteiger partial charge in [-0.05, 0) is 12.1 Å². The van der Waals surface area contributed by atoms with Crippen LogP contribution in [-0.4, -0.2) is 22.7 Å². The Kier molecular flexibility index (Phi) is 5.70. The normalized spacial score (nSPS) is 11.2. The maximum Gasteiger partial charge on any atom is 0.0498 e. The average Bonchev–Trinajstić information content (AvgIpc) is 2.10. The van der Waals surface area contributed by atoms with Crippen molar-refractivity contribution < 1.29 is 9.32 Å². The monoisotopic (exact) mass is 172 g/mol. The Labute approximate surface area is 69.3 Å². The van der Waals surface area contributed by atoms with Crippen molar-refractivity contribution in [2.45, 2.75) is 4.90 Å². The molecule has 0 aliphatic heterocycles. The molecule has 2 nitrogen and oxygen atoms in total. The maximum absolute atomic E-state index is 10.8. The highest BCUT2D eigenvalue weighted by Crippen LogP contribution is 2.01. The van der Waals surface area contributed by atoms with Gasteiger partial charge in [0.05, 0.1) is 0 Å². The zero-order valence-electron chi connectivity index (χ0n) is 6.65. The van der Waals surface area contributed by atoms with E-state index < -0.39 is 10.8 Å². The molecule has 1 aromatic rings. The third-order valence-corrected chi connectivity index (χ3v) is 2.01. The lowest BCUT2D eigenvalue weighted by atomic mass is 10.4. The molecular weight excluding hydrogens is 160 g/mol. The Morgan fingerprint density at radius 3 is 1.91 bits per heavy atom. The summed E-state index contributed by atoms with van der Waals surface area (Å²) in [6, 6.07) is 9.40. The summed E-state index contributed by atoms with van der Waals surface area (Å²) in [4.78, 5) is 0.887. The van der Waals surface area contributed by atoms with Crippen LogP contribution in [0.25, 0.3) is 0 Å². The molecule has 0 saturated carbocycles. The van der Waals surface area contributed by atoms with Crippen LogP contribution in [0, 0.1) is 0 Å². The number of hydrogen-bond acceptors (Lipinski definition) is 2. The molecule has 62 valence electrons. The largest absolute Gasteiger partial charge is 0.400 e. The van der Waals surface area contributed by atoms with Gasteiger partial charge in [-0.15, -0.1) is 0 Å². The molecule has 0 radical (unpaired) electrons. The van der Waals surface area contributed by atoms with E-state index in [4.69, 9.17) is 5.11 Å². The zero-order valence-corrected chi connectivity index (χ0v) is 7.47. The standard InChI is InChI=1S/C7H8OS.CH4O/c1-9(8)7-5-3-2-4-6-7;1-2/h2-6H,1H3;2H,1H3.